The SMILES string of the molecule is Cc1ccc(N)c(NCc2sccc2C)c1. The van der Waals surface area contributed by atoms with Crippen molar-refractivity contribution < 1.29 is 0 Å². The van der Waals surface area contributed by atoms with Gasteiger partial charge in [0.25, 0.3) is 0 Å². The second-order valence-electron chi connectivity index (χ2n) is 3.97. The van der Waals surface area contributed by atoms with Crippen LogP contribution >= 0.6 is 11.3 Å². The Labute approximate surface area is 100 Å². The van der Waals surface area contributed by atoms with Crippen molar-refractivity contribution in [2.45, 2.75) is 20.4 Å². The van der Waals surface area contributed by atoms with E-state index in [9.17, 15) is 0 Å². The molecule has 16 heavy (non-hydrogen) atoms. The molecule has 0 unspecified atom stereocenters. The third kappa shape index (κ3) is 2.36. The van der Waals surface area contributed by atoms with Crippen LogP contribution in [0.3, 0.4) is 0 Å². The van der Waals surface area contributed by atoms with Crippen molar-refractivity contribution in [2.75, 3.05) is 11.1 Å². The molecule has 0 aliphatic heterocycles. The number of thiophene rings is 1. The minimum atomic E-state index is 0.805. The molecule has 0 fully saturated rings. The molecule has 0 bridgehead atoms. The molecule has 2 nitrogen and oxygen atoms in total. The van der Waals surface area contributed by atoms with Gasteiger partial charge in [-0.15, -0.1) is 11.3 Å². The highest BCUT2D eigenvalue weighted by Crippen LogP contribution is 2.22. The third-order valence-electron chi connectivity index (χ3n) is 2.62. The van der Waals surface area contributed by atoms with E-state index < -0.39 is 0 Å². The van der Waals surface area contributed by atoms with E-state index in [0.717, 1.165) is 17.9 Å². The average Bonchev–Trinajstić information content (AvgIpc) is 2.66. The first kappa shape index (κ1) is 11.0. The van der Waals surface area contributed by atoms with Crippen molar-refractivity contribution in [2.24, 2.45) is 0 Å². The molecule has 0 amide bonds. The Kier molecular flexibility index (Phi) is 3.15. The van der Waals surface area contributed by atoms with E-state index in [-0.39, 0.29) is 0 Å². The van der Waals surface area contributed by atoms with E-state index in [4.69, 9.17) is 5.73 Å². The molecule has 0 saturated carbocycles. The molecule has 0 atom stereocenters. The van der Waals surface area contributed by atoms with Gasteiger partial charge < -0.3 is 11.1 Å². The summed E-state index contributed by atoms with van der Waals surface area (Å²) < 4.78 is 0. The summed E-state index contributed by atoms with van der Waals surface area (Å²) in [5.41, 5.74) is 10.3. The van der Waals surface area contributed by atoms with Gasteiger partial charge in [0.2, 0.25) is 0 Å². The highest BCUT2D eigenvalue weighted by atomic mass is 32.1. The van der Waals surface area contributed by atoms with Gasteiger partial charge in [-0.25, -0.2) is 0 Å². The predicted octanol–water partition coefficient (Wildman–Crippen LogP) is 3.56. The molecule has 2 aromatic rings. The summed E-state index contributed by atoms with van der Waals surface area (Å²) >= 11 is 1.78. The minimum Gasteiger partial charge on any atom is -0.397 e. The number of anilines is 2. The van der Waals surface area contributed by atoms with Gasteiger partial charge in [0.1, 0.15) is 0 Å². The number of rotatable bonds is 3. The van der Waals surface area contributed by atoms with Crippen molar-refractivity contribution >= 4 is 22.7 Å². The lowest BCUT2D eigenvalue weighted by molar-refractivity contribution is 1.17. The van der Waals surface area contributed by atoms with Crippen molar-refractivity contribution in [1.29, 1.82) is 0 Å². The molecule has 1 heterocycles. The number of hydrogen-bond donors (Lipinski definition) is 2. The number of nitrogens with one attached hydrogen (secondary N) is 1. The van der Waals surface area contributed by atoms with Crippen LogP contribution in [0.2, 0.25) is 0 Å². The number of aryl methyl sites for hydroxylation is 2. The smallest absolute Gasteiger partial charge is 0.0579 e. The van der Waals surface area contributed by atoms with E-state index in [2.05, 4.69) is 36.7 Å². The van der Waals surface area contributed by atoms with Crippen LogP contribution in [0.25, 0.3) is 0 Å². The molecule has 0 aliphatic rings. The number of nitrogens with two attached hydrogens (primary N) is 1. The third-order valence-corrected chi connectivity index (χ3v) is 3.64. The standard InChI is InChI=1S/C13H16N2S/c1-9-3-4-11(14)12(7-9)15-8-13-10(2)5-6-16-13/h3-7,15H,8,14H2,1-2H3. The molecule has 0 spiro atoms. The number of benzene rings is 1. The van der Waals surface area contributed by atoms with Gasteiger partial charge >= 0.3 is 0 Å². The molecule has 3 N–H and O–H groups in total. The summed E-state index contributed by atoms with van der Waals surface area (Å²) in [7, 11) is 0. The second-order valence-corrected chi connectivity index (χ2v) is 4.97. The molecular weight excluding hydrogens is 216 g/mol. The van der Waals surface area contributed by atoms with Crippen molar-refractivity contribution in [3.63, 3.8) is 0 Å². The molecule has 0 saturated heterocycles. The average molecular weight is 232 g/mol. The van der Waals surface area contributed by atoms with Gasteiger partial charge in [-0.2, -0.15) is 0 Å². The first-order chi connectivity index (χ1) is 7.66. The van der Waals surface area contributed by atoms with E-state index in [1.807, 2.05) is 12.1 Å². The van der Waals surface area contributed by atoms with Crippen molar-refractivity contribution in [1.82, 2.24) is 0 Å². The Morgan fingerprint density at radius 3 is 2.75 bits per heavy atom. The molecule has 3 heteroatoms. The van der Waals surface area contributed by atoms with Crippen LogP contribution in [-0.2, 0) is 6.54 Å². The van der Waals surface area contributed by atoms with Crippen LogP contribution in [0.1, 0.15) is 16.0 Å². The van der Waals surface area contributed by atoms with Crippen molar-refractivity contribution in [3.05, 3.63) is 45.6 Å². The number of hydrogen-bond acceptors (Lipinski definition) is 3. The van der Waals surface area contributed by atoms with Crippen LogP contribution in [0.15, 0.2) is 29.6 Å². The summed E-state index contributed by atoms with van der Waals surface area (Å²) in [4.78, 5) is 1.36. The Hall–Kier alpha value is -1.48. The van der Waals surface area contributed by atoms with E-state index in [1.165, 1.54) is 16.0 Å². The Bertz CT molecular complexity index is 488. The Morgan fingerprint density at radius 1 is 1.25 bits per heavy atom. The number of nitrogen functional groups attached to an aromatic ring is 1. The van der Waals surface area contributed by atoms with Crippen LogP contribution in [0.5, 0.6) is 0 Å². The summed E-state index contributed by atoms with van der Waals surface area (Å²) in [6, 6.07) is 8.19. The molecule has 0 radical (unpaired) electrons. The first-order valence-electron chi connectivity index (χ1n) is 5.30. The zero-order chi connectivity index (χ0) is 11.5. The zero-order valence-corrected chi connectivity index (χ0v) is 10.4. The Morgan fingerprint density at radius 2 is 2.06 bits per heavy atom. The van der Waals surface area contributed by atoms with Gasteiger partial charge in [0.05, 0.1) is 11.4 Å². The highest BCUT2D eigenvalue weighted by molar-refractivity contribution is 7.10. The topological polar surface area (TPSA) is 38.0 Å². The fourth-order valence-electron chi connectivity index (χ4n) is 1.58. The van der Waals surface area contributed by atoms with Gasteiger partial charge in [-0.3, -0.25) is 0 Å². The fraction of sp³-hybridized carbons (Fsp3) is 0.231. The second kappa shape index (κ2) is 4.58. The minimum absolute atomic E-state index is 0.805. The lowest BCUT2D eigenvalue weighted by Gasteiger charge is -2.09. The lowest BCUT2D eigenvalue weighted by Crippen LogP contribution is -2.02. The fourth-order valence-corrected chi connectivity index (χ4v) is 2.43. The zero-order valence-electron chi connectivity index (χ0n) is 9.58. The molecule has 2 rings (SSSR count). The van der Waals surface area contributed by atoms with Crippen LogP contribution in [0.4, 0.5) is 11.4 Å². The lowest BCUT2D eigenvalue weighted by atomic mass is 10.2. The molecular formula is C13H16N2S. The highest BCUT2D eigenvalue weighted by Gasteiger charge is 2.02. The maximum Gasteiger partial charge on any atom is 0.0579 e. The van der Waals surface area contributed by atoms with Crippen LogP contribution in [0, 0.1) is 13.8 Å². The van der Waals surface area contributed by atoms with Gasteiger partial charge in [0, 0.05) is 11.4 Å². The molecule has 0 aliphatic carbocycles. The maximum atomic E-state index is 5.91. The van der Waals surface area contributed by atoms with Gasteiger partial charge in [-0.05, 0) is 48.6 Å². The maximum absolute atomic E-state index is 5.91. The van der Waals surface area contributed by atoms with Gasteiger partial charge in [0.15, 0.2) is 0 Å². The van der Waals surface area contributed by atoms with Crippen molar-refractivity contribution in [3.8, 4) is 0 Å². The largest absolute Gasteiger partial charge is 0.397 e. The van der Waals surface area contributed by atoms with Gasteiger partial charge in [-0.1, -0.05) is 6.07 Å². The van der Waals surface area contributed by atoms with E-state index >= 15 is 0 Å². The molecule has 1 aromatic heterocycles. The first-order valence-corrected chi connectivity index (χ1v) is 6.18. The Balaban J connectivity index is 2.10. The monoisotopic (exact) mass is 232 g/mol. The summed E-state index contributed by atoms with van der Waals surface area (Å²) in [6.45, 7) is 5.05. The molecule has 84 valence electrons. The summed E-state index contributed by atoms with van der Waals surface area (Å²) in [5, 5.41) is 5.50. The normalized spacial score (nSPS) is 10.4. The van der Waals surface area contributed by atoms with Crippen LogP contribution < -0.4 is 11.1 Å². The van der Waals surface area contributed by atoms with E-state index in [0.29, 0.717) is 0 Å². The van der Waals surface area contributed by atoms with E-state index in [1.54, 1.807) is 11.3 Å². The summed E-state index contributed by atoms with van der Waals surface area (Å²) in [6.07, 6.45) is 0. The molecule has 1 aromatic carbocycles. The quantitative estimate of drug-likeness (QED) is 0.794. The van der Waals surface area contributed by atoms with Crippen LogP contribution in [-0.4, -0.2) is 0 Å². The predicted molar refractivity (Wildman–Crippen MR) is 72.0 cm³/mol. The summed E-state index contributed by atoms with van der Waals surface area (Å²) in [5.74, 6) is 0.